The van der Waals surface area contributed by atoms with E-state index in [4.69, 9.17) is 15.2 Å². The van der Waals surface area contributed by atoms with Crippen LogP contribution in [0.4, 0.5) is 0 Å². The first-order valence-electron chi connectivity index (χ1n) is 7.85. The maximum Gasteiger partial charge on any atom is 0.230 e. The van der Waals surface area contributed by atoms with Crippen molar-refractivity contribution >= 4 is 5.91 Å². The molecule has 0 unspecified atom stereocenters. The minimum Gasteiger partial charge on any atom is -0.380 e. The number of carbonyl (C=O) groups excluding carboxylic acids is 1. The van der Waals surface area contributed by atoms with E-state index in [0.717, 1.165) is 25.7 Å². The Morgan fingerprint density at radius 3 is 2.00 bits per heavy atom. The molecule has 0 heterocycles. The molecule has 0 bridgehead atoms. The van der Waals surface area contributed by atoms with E-state index >= 15 is 0 Å². The molecule has 118 valence electrons. The molecule has 1 rings (SSSR count). The van der Waals surface area contributed by atoms with Gasteiger partial charge in [0.25, 0.3) is 0 Å². The summed E-state index contributed by atoms with van der Waals surface area (Å²) < 4.78 is 10.8. The van der Waals surface area contributed by atoms with E-state index in [9.17, 15) is 4.79 Å². The Hall–Kier alpha value is -0.650. The van der Waals surface area contributed by atoms with Gasteiger partial charge in [-0.3, -0.25) is 4.79 Å². The number of nitrogens with zero attached hydrogens (tertiary/aromatic N) is 1. The highest BCUT2D eigenvalue weighted by Crippen LogP contribution is 2.38. The van der Waals surface area contributed by atoms with Crippen LogP contribution in [-0.2, 0) is 14.3 Å². The minimum absolute atomic E-state index is 0.192. The van der Waals surface area contributed by atoms with Crippen LogP contribution in [0.5, 0.6) is 0 Å². The van der Waals surface area contributed by atoms with Gasteiger partial charge in [0.05, 0.1) is 18.6 Å². The van der Waals surface area contributed by atoms with Crippen molar-refractivity contribution in [2.24, 2.45) is 11.1 Å². The lowest BCUT2D eigenvalue weighted by molar-refractivity contribution is -0.143. The Morgan fingerprint density at radius 1 is 1.10 bits per heavy atom. The molecule has 0 atom stereocenters. The van der Waals surface area contributed by atoms with Crippen LogP contribution < -0.4 is 5.73 Å². The third-order valence-electron chi connectivity index (χ3n) is 4.11. The summed E-state index contributed by atoms with van der Waals surface area (Å²) in [7, 11) is 0. The van der Waals surface area contributed by atoms with Crippen LogP contribution in [0.3, 0.4) is 0 Å². The molecule has 1 saturated carbocycles. The maximum atomic E-state index is 12.8. The Labute approximate surface area is 122 Å². The van der Waals surface area contributed by atoms with Gasteiger partial charge in [-0.05, 0) is 26.7 Å². The molecule has 0 saturated heterocycles. The van der Waals surface area contributed by atoms with Crippen molar-refractivity contribution in [3.63, 3.8) is 0 Å². The second-order valence-electron chi connectivity index (χ2n) is 5.38. The van der Waals surface area contributed by atoms with Gasteiger partial charge < -0.3 is 20.1 Å². The number of nitrogens with two attached hydrogens (primary N) is 1. The third-order valence-corrected chi connectivity index (χ3v) is 4.11. The highest BCUT2D eigenvalue weighted by molar-refractivity contribution is 5.83. The average molecular weight is 286 g/mol. The quantitative estimate of drug-likeness (QED) is 0.617. The Kier molecular flexibility index (Phi) is 8.11. The number of hydrogen-bond acceptors (Lipinski definition) is 4. The van der Waals surface area contributed by atoms with Crippen LogP contribution in [-0.4, -0.2) is 56.9 Å². The molecule has 0 aliphatic heterocycles. The molecule has 2 N–H and O–H groups in total. The predicted molar refractivity (Wildman–Crippen MR) is 79.5 cm³/mol. The highest BCUT2D eigenvalue weighted by Gasteiger charge is 2.42. The molecular weight excluding hydrogens is 256 g/mol. The van der Waals surface area contributed by atoms with Gasteiger partial charge in [-0.25, -0.2) is 0 Å². The zero-order chi connectivity index (χ0) is 14.8. The van der Waals surface area contributed by atoms with E-state index in [2.05, 4.69) is 0 Å². The molecule has 5 heteroatoms. The fourth-order valence-electron chi connectivity index (χ4n) is 2.85. The molecule has 1 aliphatic rings. The van der Waals surface area contributed by atoms with Crippen molar-refractivity contribution < 1.29 is 14.3 Å². The second-order valence-corrected chi connectivity index (χ2v) is 5.38. The van der Waals surface area contributed by atoms with Gasteiger partial charge in [0, 0.05) is 32.8 Å². The molecule has 0 aromatic heterocycles. The number of rotatable bonds is 10. The van der Waals surface area contributed by atoms with Gasteiger partial charge in [-0.1, -0.05) is 12.8 Å². The summed E-state index contributed by atoms with van der Waals surface area (Å²) in [5.41, 5.74) is 5.57. The summed E-state index contributed by atoms with van der Waals surface area (Å²) in [5.74, 6) is 0.192. The minimum atomic E-state index is -0.335. The van der Waals surface area contributed by atoms with Crippen molar-refractivity contribution in [1.29, 1.82) is 0 Å². The van der Waals surface area contributed by atoms with E-state index in [1.807, 2.05) is 18.7 Å². The summed E-state index contributed by atoms with van der Waals surface area (Å²) in [6.45, 7) is 8.14. The zero-order valence-electron chi connectivity index (χ0n) is 13.0. The van der Waals surface area contributed by atoms with Crippen LogP contribution in [0, 0.1) is 5.41 Å². The lowest BCUT2D eigenvalue weighted by Crippen LogP contribution is -2.48. The molecule has 1 fully saturated rings. The van der Waals surface area contributed by atoms with Gasteiger partial charge in [0.2, 0.25) is 5.91 Å². The van der Waals surface area contributed by atoms with Gasteiger partial charge >= 0.3 is 0 Å². The number of hydrogen-bond donors (Lipinski definition) is 1. The Balaban J connectivity index is 2.61. The van der Waals surface area contributed by atoms with Crippen LogP contribution >= 0.6 is 0 Å². The van der Waals surface area contributed by atoms with Crippen molar-refractivity contribution in [3.05, 3.63) is 0 Å². The SMILES string of the molecule is CCOCCN(CCOCC)C(=O)C1(CN)CCCC1. The van der Waals surface area contributed by atoms with Crippen molar-refractivity contribution in [2.45, 2.75) is 39.5 Å². The first-order valence-corrected chi connectivity index (χ1v) is 7.85. The fourth-order valence-corrected chi connectivity index (χ4v) is 2.85. The first-order chi connectivity index (χ1) is 9.70. The topological polar surface area (TPSA) is 64.8 Å². The molecule has 0 aromatic carbocycles. The van der Waals surface area contributed by atoms with Crippen LogP contribution in [0.1, 0.15) is 39.5 Å². The largest absolute Gasteiger partial charge is 0.380 e. The molecule has 1 amide bonds. The molecule has 0 aromatic rings. The van der Waals surface area contributed by atoms with Crippen LogP contribution in [0.15, 0.2) is 0 Å². The summed E-state index contributed by atoms with van der Waals surface area (Å²) >= 11 is 0. The van der Waals surface area contributed by atoms with Gasteiger partial charge in [0.15, 0.2) is 0 Å². The standard InChI is InChI=1S/C15H30N2O3/c1-3-19-11-9-17(10-12-20-4-2)14(18)15(13-16)7-5-6-8-15/h3-13,16H2,1-2H3. The molecule has 5 nitrogen and oxygen atoms in total. The van der Waals surface area contributed by atoms with E-state index in [1.165, 1.54) is 0 Å². The van der Waals surface area contributed by atoms with Crippen molar-refractivity contribution in [1.82, 2.24) is 4.90 Å². The molecular formula is C15H30N2O3. The fraction of sp³-hybridized carbons (Fsp3) is 0.933. The third kappa shape index (κ3) is 4.72. The van der Waals surface area contributed by atoms with Gasteiger partial charge in [-0.15, -0.1) is 0 Å². The van der Waals surface area contributed by atoms with E-state index in [-0.39, 0.29) is 11.3 Å². The number of ether oxygens (including phenoxy) is 2. The average Bonchev–Trinajstić information content (AvgIpc) is 2.95. The van der Waals surface area contributed by atoms with Gasteiger partial charge in [-0.2, -0.15) is 0 Å². The normalized spacial score (nSPS) is 17.4. The summed E-state index contributed by atoms with van der Waals surface area (Å²) in [5, 5.41) is 0. The second kappa shape index (κ2) is 9.32. The van der Waals surface area contributed by atoms with E-state index in [1.54, 1.807) is 0 Å². The maximum absolute atomic E-state index is 12.8. The Morgan fingerprint density at radius 2 is 1.60 bits per heavy atom. The molecule has 1 aliphatic carbocycles. The molecule has 0 radical (unpaired) electrons. The van der Waals surface area contributed by atoms with E-state index in [0.29, 0.717) is 46.1 Å². The molecule has 0 spiro atoms. The van der Waals surface area contributed by atoms with Crippen molar-refractivity contribution in [2.75, 3.05) is 46.1 Å². The van der Waals surface area contributed by atoms with E-state index < -0.39 is 0 Å². The first kappa shape index (κ1) is 17.4. The Bertz CT molecular complexity index is 268. The smallest absolute Gasteiger partial charge is 0.230 e. The summed E-state index contributed by atoms with van der Waals surface area (Å²) in [6.07, 6.45) is 4.05. The number of carbonyl (C=O) groups is 1. The monoisotopic (exact) mass is 286 g/mol. The summed E-state index contributed by atoms with van der Waals surface area (Å²) in [4.78, 5) is 14.7. The lowest BCUT2D eigenvalue weighted by atomic mass is 9.84. The lowest BCUT2D eigenvalue weighted by Gasteiger charge is -2.33. The zero-order valence-corrected chi connectivity index (χ0v) is 13.0. The predicted octanol–water partition coefficient (Wildman–Crippen LogP) is 1.41. The van der Waals surface area contributed by atoms with Gasteiger partial charge in [0.1, 0.15) is 0 Å². The van der Waals surface area contributed by atoms with Crippen LogP contribution in [0.2, 0.25) is 0 Å². The molecule has 20 heavy (non-hydrogen) atoms. The summed E-state index contributed by atoms with van der Waals surface area (Å²) in [6, 6.07) is 0. The van der Waals surface area contributed by atoms with Crippen molar-refractivity contribution in [3.8, 4) is 0 Å². The number of amides is 1. The van der Waals surface area contributed by atoms with Crippen LogP contribution in [0.25, 0.3) is 0 Å². The highest BCUT2D eigenvalue weighted by atomic mass is 16.5.